The number of nitrogens with zero attached hydrogens (tertiary/aromatic N) is 3. The van der Waals surface area contributed by atoms with Gasteiger partial charge in [-0.3, -0.25) is 4.90 Å². The standard InChI is InChI=1S/C21H32N6O2/c1-3-22-20(25-15-21(2,28)16-27-9-11-29-12-10-27)24-14-19-23-13-18(26-19)17-7-5-4-6-8-17/h4-8,13,28H,3,9-12,14-16H2,1-2H3,(H,23,26)(H2,22,24,25). The van der Waals surface area contributed by atoms with Crippen molar-refractivity contribution in [1.82, 2.24) is 25.5 Å². The second-order valence-electron chi connectivity index (χ2n) is 7.54. The van der Waals surface area contributed by atoms with Gasteiger partial charge in [-0.2, -0.15) is 0 Å². The Balaban J connectivity index is 1.54. The number of aliphatic imine (C=N–C) groups is 1. The highest BCUT2D eigenvalue weighted by atomic mass is 16.5. The summed E-state index contributed by atoms with van der Waals surface area (Å²) in [6.45, 7) is 9.19. The van der Waals surface area contributed by atoms with Crippen molar-refractivity contribution < 1.29 is 9.84 Å². The summed E-state index contributed by atoms with van der Waals surface area (Å²) in [5.41, 5.74) is 1.21. The predicted octanol–water partition coefficient (Wildman–Crippen LogP) is 1.22. The zero-order valence-corrected chi connectivity index (χ0v) is 17.3. The van der Waals surface area contributed by atoms with Gasteiger partial charge in [0, 0.05) is 32.7 Å². The first-order valence-electron chi connectivity index (χ1n) is 10.2. The molecule has 0 saturated carbocycles. The van der Waals surface area contributed by atoms with Gasteiger partial charge in [0.25, 0.3) is 0 Å². The predicted molar refractivity (Wildman–Crippen MR) is 115 cm³/mol. The van der Waals surface area contributed by atoms with Crippen molar-refractivity contribution in [2.24, 2.45) is 4.99 Å². The van der Waals surface area contributed by atoms with Crippen molar-refractivity contribution in [3.8, 4) is 11.3 Å². The lowest BCUT2D eigenvalue weighted by Crippen LogP contribution is -2.52. The number of imidazole rings is 1. The van der Waals surface area contributed by atoms with Crippen molar-refractivity contribution >= 4 is 5.96 Å². The number of aromatic amines is 1. The van der Waals surface area contributed by atoms with E-state index in [1.54, 1.807) is 0 Å². The Morgan fingerprint density at radius 2 is 2.03 bits per heavy atom. The second kappa shape index (κ2) is 10.4. The molecule has 8 heteroatoms. The Hall–Kier alpha value is -2.42. The van der Waals surface area contributed by atoms with E-state index in [9.17, 15) is 5.11 Å². The Kier molecular flexibility index (Phi) is 7.62. The summed E-state index contributed by atoms with van der Waals surface area (Å²) in [7, 11) is 0. The number of aromatic nitrogens is 2. The molecule has 0 radical (unpaired) electrons. The number of hydrogen-bond acceptors (Lipinski definition) is 5. The molecule has 4 N–H and O–H groups in total. The number of nitrogens with one attached hydrogen (secondary N) is 3. The summed E-state index contributed by atoms with van der Waals surface area (Å²) >= 11 is 0. The van der Waals surface area contributed by atoms with Gasteiger partial charge in [0.1, 0.15) is 12.4 Å². The topological polar surface area (TPSA) is 97.8 Å². The number of ether oxygens (including phenoxy) is 1. The fourth-order valence-corrected chi connectivity index (χ4v) is 3.27. The van der Waals surface area contributed by atoms with E-state index in [0.29, 0.717) is 25.6 Å². The summed E-state index contributed by atoms with van der Waals surface area (Å²) in [6.07, 6.45) is 1.83. The van der Waals surface area contributed by atoms with Gasteiger partial charge in [0.05, 0.1) is 30.7 Å². The first-order chi connectivity index (χ1) is 14.1. The lowest BCUT2D eigenvalue weighted by Gasteiger charge is -2.34. The summed E-state index contributed by atoms with van der Waals surface area (Å²) in [5.74, 6) is 1.45. The summed E-state index contributed by atoms with van der Waals surface area (Å²) < 4.78 is 5.37. The van der Waals surface area contributed by atoms with Crippen molar-refractivity contribution in [3.05, 3.63) is 42.4 Å². The van der Waals surface area contributed by atoms with Crippen LogP contribution in [0.25, 0.3) is 11.3 Å². The molecule has 1 saturated heterocycles. The third kappa shape index (κ3) is 6.85. The number of β-amino-alcohol motifs (C(OH)–C–C–N with tert-alkyl or cyclic N) is 1. The Bertz CT molecular complexity index is 768. The Morgan fingerprint density at radius 3 is 2.76 bits per heavy atom. The number of hydrogen-bond donors (Lipinski definition) is 4. The summed E-state index contributed by atoms with van der Waals surface area (Å²) in [5, 5.41) is 17.2. The first-order valence-corrected chi connectivity index (χ1v) is 10.2. The molecule has 1 aromatic heterocycles. The minimum Gasteiger partial charge on any atom is -0.387 e. The smallest absolute Gasteiger partial charge is 0.191 e. The second-order valence-corrected chi connectivity index (χ2v) is 7.54. The van der Waals surface area contributed by atoms with E-state index < -0.39 is 5.60 Å². The monoisotopic (exact) mass is 400 g/mol. The molecule has 3 rings (SSSR count). The number of benzene rings is 1. The maximum atomic E-state index is 10.8. The van der Waals surface area contributed by atoms with Gasteiger partial charge in [-0.25, -0.2) is 9.98 Å². The van der Waals surface area contributed by atoms with E-state index >= 15 is 0 Å². The molecule has 1 fully saturated rings. The quantitative estimate of drug-likeness (QED) is 0.393. The molecule has 1 unspecified atom stereocenters. The zero-order valence-electron chi connectivity index (χ0n) is 17.3. The fourth-order valence-electron chi connectivity index (χ4n) is 3.27. The molecule has 8 nitrogen and oxygen atoms in total. The van der Waals surface area contributed by atoms with Crippen molar-refractivity contribution in [1.29, 1.82) is 0 Å². The van der Waals surface area contributed by atoms with E-state index in [1.807, 2.05) is 50.4 Å². The highest BCUT2D eigenvalue weighted by Crippen LogP contribution is 2.16. The number of aliphatic hydroxyl groups is 1. The molecule has 1 aliphatic heterocycles. The molecule has 1 aliphatic rings. The fraction of sp³-hybridized carbons (Fsp3) is 0.524. The van der Waals surface area contributed by atoms with Crippen molar-refractivity contribution in [3.63, 3.8) is 0 Å². The van der Waals surface area contributed by atoms with E-state index in [1.165, 1.54) is 0 Å². The van der Waals surface area contributed by atoms with E-state index in [4.69, 9.17) is 4.74 Å². The molecule has 158 valence electrons. The highest BCUT2D eigenvalue weighted by molar-refractivity contribution is 5.79. The van der Waals surface area contributed by atoms with Gasteiger partial charge in [0.15, 0.2) is 5.96 Å². The third-order valence-electron chi connectivity index (χ3n) is 4.75. The largest absolute Gasteiger partial charge is 0.387 e. The van der Waals surface area contributed by atoms with Crippen LogP contribution >= 0.6 is 0 Å². The van der Waals surface area contributed by atoms with Crippen LogP contribution in [0.2, 0.25) is 0 Å². The Morgan fingerprint density at radius 1 is 1.28 bits per heavy atom. The number of rotatable bonds is 8. The average Bonchev–Trinajstić information content (AvgIpc) is 3.20. The van der Waals surface area contributed by atoms with Crippen LogP contribution in [-0.4, -0.2) is 77.5 Å². The SMILES string of the molecule is CCNC(=NCc1ncc(-c2ccccc2)[nH]1)NCC(C)(O)CN1CCOCC1. The number of H-pyrrole nitrogens is 1. The molecule has 1 atom stereocenters. The summed E-state index contributed by atoms with van der Waals surface area (Å²) in [6, 6.07) is 10.1. The minimum atomic E-state index is -0.862. The molecule has 1 aromatic carbocycles. The average molecular weight is 401 g/mol. The van der Waals surface area contributed by atoms with Crippen molar-refractivity contribution in [2.45, 2.75) is 26.0 Å². The van der Waals surface area contributed by atoms with Crippen LogP contribution in [0.1, 0.15) is 19.7 Å². The van der Waals surface area contributed by atoms with Gasteiger partial charge < -0.3 is 25.5 Å². The maximum absolute atomic E-state index is 10.8. The summed E-state index contributed by atoms with van der Waals surface area (Å²) in [4.78, 5) is 14.6. The van der Waals surface area contributed by atoms with Gasteiger partial charge in [0.2, 0.25) is 0 Å². The van der Waals surface area contributed by atoms with Gasteiger partial charge >= 0.3 is 0 Å². The highest BCUT2D eigenvalue weighted by Gasteiger charge is 2.25. The van der Waals surface area contributed by atoms with Gasteiger partial charge in [-0.05, 0) is 19.4 Å². The lowest BCUT2D eigenvalue weighted by atomic mass is 10.1. The van der Waals surface area contributed by atoms with E-state index in [2.05, 4.69) is 30.5 Å². The molecule has 2 aromatic rings. The molecule has 0 bridgehead atoms. The molecular weight excluding hydrogens is 368 g/mol. The van der Waals surface area contributed by atoms with E-state index in [-0.39, 0.29) is 0 Å². The molecule has 2 heterocycles. The molecule has 0 spiro atoms. The van der Waals surface area contributed by atoms with Crippen LogP contribution in [0.4, 0.5) is 0 Å². The molecule has 0 aliphatic carbocycles. The maximum Gasteiger partial charge on any atom is 0.191 e. The Labute approximate surface area is 172 Å². The van der Waals surface area contributed by atoms with Crippen molar-refractivity contribution in [2.75, 3.05) is 45.9 Å². The van der Waals surface area contributed by atoms with Crippen LogP contribution in [0.15, 0.2) is 41.5 Å². The van der Waals surface area contributed by atoms with Crippen LogP contribution in [0.3, 0.4) is 0 Å². The molecular formula is C21H32N6O2. The third-order valence-corrected chi connectivity index (χ3v) is 4.75. The van der Waals surface area contributed by atoms with E-state index in [0.717, 1.165) is 49.9 Å². The lowest BCUT2D eigenvalue weighted by molar-refractivity contribution is -0.0201. The number of guanidine groups is 1. The van der Waals surface area contributed by atoms with Crippen LogP contribution in [0.5, 0.6) is 0 Å². The van der Waals surface area contributed by atoms with Crippen LogP contribution in [0, 0.1) is 0 Å². The first kappa shape index (κ1) is 21.3. The zero-order chi connectivity index (χ0) is 20.5. The van der Waals surface area contributed by atoms with Crippen LogP contribution in [-0.2, 0) is 11.3 Å². The normalized spacial score (nSPS) is 17.7. The molecule has 0 amide bonds. The van der Waals surface area contributed by atoms with Crippen LogP contribution < -0.4 is 10.6 Å². The molecule has 29 heavy (non-hydrogen) atoms. The van der Waals surface area contributed by atoms with Gasteiger partial charge in [-0.1, -0.05) is 30.3 Å². The van der Waals surface area contributed by atoms with Gasteiger partial charge in [-0.15, -0.1) is 0 Å². The minimum absolute atomic E-state index is 0.406. The number of morpholine rings is 1.